The van der Waals surface area contributed by atoms with Crippen molar-refractivity contribution in [3.63, 3.8) is 0 Å². The van der Waals surface area contributed by atoms with E-state index in [1.165, 1.54) is 36.4 Å². The number of ether oxygens (including phenoxy) is 1. The SMILES string of the molecule is N#Cc1ccc(NC(=O)COC(=O)c2ccc3c(c2[N+](=O)[O-])C(=O)c2ccccc2C3=O)cc1Cl. The lowest BCUT2D eigenvalue weighted by Gasteiger charge is -2.18. The molecule has 0 atom stereocenters. The van der Waals surface area contributed by atoms with Crippen LogP contribution >= 0.6 is 11.6 Å². The van der Waals surface area contributed by atoms with Gasteiger partial charge in [-0.25, -0.2) is 4.79 Å². The molecule has 0 aliphatic heterocycles. The summed E-state index contributed by atoms with van der Waals surface area (Å²) in [5.41, 5.74) is -1.64. The van der Waals surface area contributed by atoms with E-state index >= 15 is 0 Å². The highest BCUT2D eigenvalue weighted by atomic mass is 35.5. The van der Waals surface area contributed by atoms with Gasteiger partial charge in [-0.15, -0.1) is 0 Å². The Morgan fingerprint density at radius 3 is 2.34 bits per heavy atom. The van der Waals surface area contributed by atoms with Crippen molar-refractivity contribution in [2.75, 3.05) is 11.9 Å². The first-order valence-electron chi connectivity index (χ1n) is 9.89. The van der Waals surface area contributed by atoms with Gasteiger partial charge in [-0.2, -0.15) is 5.26 Å². The lowest BCUT2D eigenvalue weighted by molar-refractivity contribution is -0.385. The number of nitrogens with zero attached hydrogens (tertiary/aromatic N) is 2. The van der Waals surface area contributed by atoms with Crippen LogP contribution in [0.1, 0.15) is 47.8 Å². The summed E-state index contributed by atoms with van der Waals surface area (Å²) in [6.07, 6.45) is 0. The van der Waals surface area contributed by atoms with Crippen LogP contribution in [0, 0.1) is 21.4 Å². The number of nitro benzene ring substituents is 1. The molecule has 35 heavy (non-hydrogen) atoms. The number of nitro groups is 1. The van der Waals surface area contributed by atoms with Crippen molar-refractivity contribution in [2.45, 2.75) is 0 Å². The monoisotopic (exact) mass is 489 g/mol. The van der Waals surface area contributed by atoms with Crippen molar-refractivity contribution in [3.05, 3.63) is 103 Å². The van der Waals surface area contributed by atoms with E-state index in [4.69, 9.17) is 21.6 Å². The summed E-state index contributed by atoms with van der Waals surface area (Å²) in [4.78, 5) is 61.5. The molecule has 3 aromatic rings. The van der Waals surface area contributed by atoms with Crippen molar-refractivity contribution in [1.29, 1.82) is 5.26 Å². The number of nitrogens with one attached hydrogen (secondary N) is 1. The molecule has 0 spiro atoms. The molecule has 1 aliphatic rings. The molecule has 11 heteroatoms. The molecule has 0 unspecified atom stereocenters. The fourth-order valence-electron chi connectivity index (χ4n) is 3.61. The van der Waals surface area contributed by atoms with Crippen molar-refractivity contribution in [3.8, 4) is 6.07 Å². The average molecular weight is 490 g/mol. The first kappa shape index (κ1) is 23.3. The van der Waals surface area contributed by atoms with Gasteiger partial charge in [-0.3, -0.25) is 24.5 Å². The number of anilines is 1. The molecule has 172 valence electrons. The highest BCUT2D eigenvalue weighted by molar-refractivity contribution is 6.32. The molecule has 0 aromatic heterocycles. The van der Waals surface area contributed by atoms with E-state index in [-0.39, 0.29) is 33.0 Å². The van der Waals surface area contributed by atoms with Gasteiger partial charge < -0.3 is 10.1 Å². The van der Waals surface area contributed by atoms with Gasteiger partial charge in [0.25, 0.3) is 11.6 Å². The van der Waals surface area contributed by atoms with E-state index in [0.29, 0.717) is 0 Å². The zero-order valence-electron chi connectivity index (χ0n) is 17.5. The van der Waals surface area contributed by atoms with Gasteiger partial charge >= 0.3 is 5.97 Å². The molecule has 1 N–H and O–H groups in total. The third-order valence-corrected chi connectivity index (χ3v) is 5.49. The van der Waals surface area contributed by atoms with Crippen molar-refractivity contribution >= 4 is 46.4 Å². The van der Waals surface area contributed by atoms with E-state index in [0.717, 1.165) is 12.1 Å². The Morgan fingerprint density at radius 2 is 1.71 bits per heavy atom. The first-order valence-corrected chi connectivity index (χ1v) is 10.3. The molecule has 1 aliphatic carbocycles. The van der Waals surface area contributed by atoms with Crippen LogP contribution in [-0.4, -0.2) is 35.0 Å². The van der Waals surface area contributed by atoms with Crippen LogP contribution in [0.25, 0.3) is 0 Å². The molecule has 0 saturated carbocycles. The second-order valence-electron chi connectivity index (χ2n) is 7.28. The van der Waals surface area contributed by atoms with E-state index < -0.39 is 51.8 Å². The molecule has 0 fully saturated rings. The maximum absolute atomic E-state index is 13.0. The number of rotatable bonds is 5. The molecule has 1 amide bonds. The highest BCUT2D eigenvalue weighted by Crippen LogP contribution is 2.35. The van der Waals surface area contributed by atoms with Gasteiger partial charge in [0.15, 0.2) is 12.4 Å². The maximum Gasteiger partial charge on any atom is 0.345 e. The van der Waals surface area contributed by atoms with Crippen LogP contribution in [0.4, 0.5) is 11.4 Å². The number of halogens is 1. The Labute approximate surface area is 201 Å². The van der Waals surface area contributed by atoms with Crippen LogP contribution in [0.2, 0.25) is 5.02 Å². The highest BCUT2D eigenvalue weighted by Gasteiger charge is 2.39. The second kappa shape index (κ2) is 9.17. The minimum atomic E-state index is -1.23. The van der Waals surface area contributed by atoms with E-state index in [2.05, 4.69) is 5.32 Å². The van der Waals surface area contributed by atoms with Crippen LogP contribution in [-0.2, 0) is 9.53 Å². The van der Waals surface area contributed by atoms with E-state index in [9.17, 15) is 29.3 Å². The molecule has 0 radical (unpaired) electrons. The number of amides is 1. The number of carbonyl (C=O) groups is 4. The van der Waals surface area contributed by atoms with Gasteiger partial charge in [-0.1, -0.05) is 35.9 Å². The molecular formula is C24H12ClN3O7. The van der Waals surface area contributed by atoms with Crippen molar-refractivity contribution in [2.24, 2.45) is 0 Å². The Balaban J connectivity index is 1.58. The zero-order valence-corrected chi connectivity index (χ0v) is 18.3. The quantitative estimate of drug-likeness (QED) is 0.252. The fourth-order valence-corrected chi connectivity index (χ4v) is 3.84. The topological polar surface area (TPSA) is 156 Å². The van der Waals surface area contributed by atoms with Gasteiger partial charge in [0.2, 0.25) is 5.78 Å². The number of ketones is 2. The molecule has 4 rings (SSSR count). The molecular weight excluding hydrogens is 478 g/mol. The lowest BCUT2D eigenvalue weighted by atomic mass is 9.82. The number of hydrogen-bond acceptors (Lipinski definition) is 8. The summed E-state index contributed by atoms with van der Waals surface area (Å²) in [5, 5.41) is 23.3. The minimum Gasteiger partial charge on any atom is -0.452 e. The van der Waals surface area contributed by atoms with E-state index in [1.54, 1.807) is 6.07 Å². The summed E-state index contributed by atoms with van der Waals surface area (Å²) < 4.78 is 4.91. The summed E-state index contributed by atoms with van der Waals surface area (Å²) in [6, 6.07) is 14.0. The normalized spacial score (nSPS) is 11.7. The van der Waals surface area contributed by atoms with Crippen LogP contribution in [0.5, 0.6) is 0 Å². The van der Waals surface area contributed by atoms with Gasteiger partial charge in [0, 0.05) is 22.4 Å². The number of nitriles is 1. The summed E-state index contributed by atoms with van der Waals surface area (Å²) in [6.45, 7) is -0.805. The third kappa shape index (κ3) is 4.23. The Kier molecular flexibility index (Phi) is 6.10. The van der Waals surface area contributed by atoms with Gasteiger partial charge in [0.05, 0.1) is 15.5 Å². The Morgan fingerprint density at radius 1 is 1.03 bits per heavy atom. The number of esters is 1. The summed E-state index contributed by atoms with van der Waals surface area (Å²) in [7, 11) is 0. The Hall–Kier alpha value is -4.88. The van der Waals surface area contributed by atoms with Crippen LogP contribution in [0.15, 0.2) is 54.6 Å². The molecule has 3 aromatic carbocycles. The predicted octanol–water partition coefficient (Wildman–Crippen LogP) is 3.69. The number of fused-ring (bicyclic) bond motifs is 2. The number of hydrogen-bond donors (Lipinski definition) is 1. The Bertz CT molecular complexity index is 1510. The molecule has 0 bridgehead atoms. The zero-order chi connectivity index (χ0) is 25.3. The molecule has 0 heterocycles. The smallest absolute Gasteiger partial charge is 0.345 e. The average Bonchev–Trinajstić information content (AvgIpc) is 2.85. The fraction of sp³-hybridized carbons (Fsp3) is 0.0417. The lowest BCUT2D eigenvalue weighted by Crippen LogP contribution is -2.25. The van der Waals surface area contributed by atoms with Gasteiger partial charge in [-0.05, 0) is 30.3 Å². The maximum atomic E-state index is 13.0. The molecule has 10 nitrogen and oxygen atoms in total. The minimum absolute atomic E-state index is 0.0147. The first-order chi connectivity index (χ1) is 16.7. The molecule has 0 saturated heterocycles. The standard InChI is InChI=1S/C24H12ClN3O7/c25-18-9-13(6-5-12(18)10-26)27-19(29)11-35-24(32)17-8-7-16-20(21(17)28(33)34)23(31)15-4-2-1-3-14(15)22(16)30/h1-9H,11H2,(H,27,29). The van der Waals surface area contributed by atoms with Crippen LogP contribution in [0.3, 0.4) is 0 Å². The number of benzene rings is 3. The number of carbonyl (C=O) groups excluding carboxylic acids is 4. The van der Waals surface area contributed by atoms with Crippen molar-refractivity contribution in [1.82, 2.24) is 0 Å². The largest absolute Gasteiger partial charge is 0.452 e. The van der Waals surface area contributed by atoms with Crippen LogP contribution < -0.4 is 5.32 Å². The third-order valence-electron chi connectivity index (χ3n) is 5.18. The second-order valence-corrected chi connectivity index (χ2v) is 7.68. The summed E-state index contributed by atoms with van der Waals surface area (Å²) >= 11 is 5.90. The predicted molar refractivity (Wildman–Crippen MR) is 121 cm³/mol. The van der Waals surface area contributed by atoms with E-state index in [1.807, 2.05) is 6.07 Å². The summed E-state index contributed by atoms with van der Waals surface area (Å²) in [5.74, 6) is -3.36. The van der Waals surface area contributed by atoms with Gasteiger partial charge in [0.1, 0.15) is 17.2 Å². The van der Waals surface area contributed by atoms with Crippen molar-refractivity contribution < 1.29 is 28.8 Å².